The molecule has 2 rings (SSSR count). The van der Waals surface area contributed by atoms with Crippen molar-refractivity contribution in [3.05, 3.63) is 29.9 Å². The molecular weight excluding hydrogens is 220 g/mol. The number of aromatic amines is 1. The van der Waals surface area contributed by atoms with Gasteiger partial charge in [0.05, 0.1) is 19.8 Å². The van der Waals surface area contributed by atoms with E-state index in [2.05, 4.69) is 14.7 Å². The molecule has 0 radical (unpaired) electrons. The molecule has 0 saturated carbocycles. The van der Waals surface area contributed by atoms with Gasteiger partial charge in [-0.2, -0.15) is 0 Å². The molecule has 90 valence electrons. The summed E-state index contributed by atoms with van der Waals surface area (Å²) < 4.78 is 9.87. The number of ether oxygens (including phenoxy) is 1. The summed E-state index contributed by atoms with van der Waals surface area (Å²) in [5, 5.41) is 0. The molecular formula is C12H14N2O3. The quantitative estimate of drug-likeness (QED) is 0.822. The van der Waals surface area contributed by atoms with Crippen molar-refractivity contribution in [1.29, 1.82) is 0 Å². The molecule has 1 N–H and O–H groups in total. The third-order valence-electron chi connectivity index (χ3n) is 2.48. The van der Waals surface area contributed by atoms with Gasteiger partial charge in [-0.3, -0.25) is 4.79 Å². The molecule has 0 amide bonds. The average Bonchev–Trinajstić information content (AvgIpc) is 2.94. The summed E-state index contributed by atoms with van der Waals surface area (Å²) in [7, 11) is 1.38. The molecule has 5 heteroatoms. The van der Waals surface area contributed by atoms with E-state index < -0.39 is 0 Å². The van der Waals surface area contributed by atoms with E-state index in [1.807, 2.05) is 19.1 Å². The number of H-pyrrole nitrogens is 1. The van der Waals surface area contributed by atoms with Crippen LogP contribution in [-0.2, 0) is 16.0 Å². The van der Waals surface area contributed by atoms with Gasteiger partial charge in [-0.1, -0.05) is 0 Å². The van der Waals surface area contributed by atoms with Crippen LogP contribution in [0.2, 0.25) is 0 Å². The van der Waals surface area contributed by atoms with Crippen molar-refractivity contribution in [1.82, 2.24) is 9.97 Å². The Balaban J connectivity index is 2.11. The van der Waals surface area contributed by atoms with Gasteiger partial charge in [-0.25, -0.2) is 4.98 Å². The molecule has 0 fully saturated rings. The SMILES string of the molecule is COC(=O)CCc1nc(-c2ccco2)c(C)[nH]1. The van der Waals surface area contributed by atoms with E-state index in [0.717, 1.165) is 23.0 Å². The van der Waals surface area contributed by atoms with Crippen molar-refractivity contribution in [3.8, 4) is 11.5 Å². The lowest BCUT2D eigenvalue weighted by atomic mass is 10.3. The van der Waals surface area contributed by atoms with Gasteiger partial charge in [0.2, 0.25) is 0 Å². The van der Waals surface area contributed by atoms with E-state index in [1.54, 1.807) is 6.26 Å². The monoisotopic (exact) mass is 234 g/mol. The van der Waals surface area contributed by atoms with Crippen molar-refractivity contribution < 1.29 is 13.9 Å². The van der Waals surface area contributed by atoms with Crippen LogP contribution in [0.5, 0.6) is 0 Å². The lowest BCUT2D eigenvalue weighted by Crippen LogP contribution is -2.02. The molecule has 0 aliphatic rings. The average molecular weight is 234 g/mol. The fourth-order valence-electron chi connectivity index (χ4n) is 1.62. The number of carbonyl (C=O) groups is 1. The summed E-state index contributed by atoms with van der Waals surface area (Å²) in [5.74, 6) is 1.25. The largest absolute Gasteiger partial charge is 0.469 e. The molecule has 2 heterocycles. The predicted octanol–water partition coefficient (Wildman–Crippen LogP) is 2.08. The van der Waals surface area contributed by atoms with Gasteiger partial charge in [0, 0.05) is 12.1 Å². The molecule has 2 aromatic rings. The Labute approximate surface area is 98.8 Å². The number of aromatic nitrogens is 2. The molecule has 0 unspecified atom stereocenters. The topological polar surface area (TPSA) is 68.1 Å². The maximum atomic E-state index is 11.0. The van der Waals surface area contributed by atoms with E-state index in [0.29, 0.717) is 12.8 Å². The van der Waals surface area contributed by atoms with Crippen molar-refractivity contribution >= 4 is 5.97 Å². The second-order valence-corrected chi connectivity index (χ2v) is 3.71. The van der Waals surface area contributed by atoms with Gasteiger partial charge in [-0.05, 0) is 19.1 Å². The minimum absolute atomic E-state index is 0.237. The minimum atomic E-state index is -0.237. The first-order chi connectivity index (χ1) is 8.20. The van der Waals surface area contributed by atoms with E-state index in [9.17, 15) is 4.79 Å². The van der Waals surface area contributed by atoms with Gasteiger partial charge in [0.15, 0.2) is 5.76 Å². The lowest BCUT2D eigenvalue weighted by molar-refractivity contribution is -0.140. The van der Waals surface area contributed by atoms with Gasteiger partial charge in [0.25, 0.3) is 0 Å². The highest BCUT2D eigenvalue weighted by Crippen LogP contribution is 2.21. The van der Waals surface area contributed by atoms with Gasteiger partial charge in [-0.15, -0.1) is 0 Å². The molecule has 2 aromatic heterocycles. The normalized spacial score (nSPS) is 10.5. The second-order valence-electron chi connectivity index (χ2n) is 3.71. The van der Waals surface area contributed by atoms with E-state index in [-0.39, 0.29) is 5.97 Å². The maximum Gasteiger partial charge on any atom is 0.305 e. The van der Waals surface area contributed by atoms with Crippen LogP contribution in [0, 0.1) is 6.92 Å². The first-order valence-corrected chi connectivity index (χ1v) is 5.37. The number of carbonyl (C=O) groups excluding carboxylic acids is 1. The number of nitrogens with zero attached hydrogens (tertiary/aromatic N) is 1. The van der Waals surface area contributed by atoms with Crippen LogP contribution in [0.3, 0.4) is 0 Å². The Morgan fingerprint density at radius 2 is 2.41 bits per heavy atom. The van der Waals surface area contributed by atoms with Crippen LogP contribution >= 0.6 is 0 Å². The first kappa shape index (κ1) is 11.4. The van der Waals surface area contributed by atoms with Crippen molar-refractivity contribution in [2.75, 3.05) is 7.11 Å². The third-order valence-corrected chi connectivity index (χ3v) is 2.48. The van der Waals surface area contributed by atoms with E-state index >= 15 is 0 Å². The number of hydrogen-bond acceptors (Lipinski definition) is 4. The molecule has 0 bridgehead atoms. The summed E-state index contributed by atoms with van der Waals surface area (Å²) >= 11 is 0. The number of imidazole rings is 1. The van der Waals surface area contributed by atoms with Crippen molar-refractivity contribution in [2.24, 2.45) is 0 Å². The molecule has 0 spiro atoms. The lowest BCUT2D eigenvalue weighted by Gasteiger charge is -1.95. The van der Waals surface area contributed by atoms with Crippen molar-refractivity contribution in [3.63, 3.8) is 0 Å². The van der Waals surface area contributed by atoms with Gasteiger partial charge < -0.3 is 14.1 Å². The van der Waals surface area contributed by atoms with Crippen molar-refractivity contribution in [2.45, 2.75) is 19.8 Å². The Morgan fingerprint density at radius 1 is 1.59 bits per heavy atom. The smallest absolute Gasteiger partial charge is 0.305 e. The highest BCUT2D eigenvalue weighted by Gasteiger charge is 2.12. The standard InChI is InChI=1S/C12H14N2O3/c1-8-12(9-4-3-7-17-9)14-10(13-8)5-6-11(15)16-2/h3-4,7H,5-6H2,1-2H3,(H,13,14). The molecule has 5 nitrogen and oxygen atoms in total. The van der Waals surface area contributed by atoms with Crippen LogP contribution < -0.4 is 0 Å². The fraction of sp³-hybridized carbons (Fsp3) is 0.333. The number of esters is 1. The zero-order chi connectivity index (χ0) is 12.3. The molecule has 0 saturated heterocycles. The fourth-order valence-corrected chi connectivity index (χ4v) is 1.62. The summed E-state index contributed by atoms with van der Waals surface area (Å²) in [6.45, 7) is 1.92. The number of furan rings is 1. The Morgan fingerprint density at radius 3 is 3.06 bits per heavy atom. The van der Waals surface area contributed by atoms with Crippen LogP contribution in [0.25, 0.3) is 11.5 Å². The molecule has 17 heavy (non-hydrogen) atoms. The van der Waals surface area contributed by atoms with Crippen LogP contribution in [0.15, 0.2) is 22.8 Å². The number of hydrogen-bond donors (Lipinski definition) is 1. The third kappa shape index (κ3) is 2.55. The predicted molar refractivity (Wildman–Crippen MR) is 61.4 cm³/mol. The number of aryl methyl sites for hydroxylation is 2. The Bertz CT molecular complexity index is 500. The minimum Gasteiger partial charge on any atom is -0.469 e. The van der Waals surface area contributed by atoms with E-state index in [1.165, 1.54) is 7.11 Å². The van der Waals surface area contributed by atoms with Gasteiger partial charge >= 0.3 is 5.97 Å². The summed E-state index contributed by atoms with van der Waals surface area (Å²) in [6.07, 6.45) is 2.47. The Kier molecular flexibility index (Phi) is 3.27. The highest BCUT2D eigenvalue weighted by molar-refractivity contribution is 5.69. The zero-order valence-corrected chi connectivity index (χ0v) is 9.82. The highest BCUT2D eigenvalue weighted by atomic mass is 16.5. The number of rotatable bonds is 4. The second kappa shape index (κ2) is 4.86. The molecule has 0 aliphatic carbocycles. The number of nitrogens with one attached hydrogen (secondary N) is 1. The van der Waals surface area contributed by atoms with E-state index in [4.69, 9.17) is 4.42 Å². The Hall–Kier alpha value is -2.04. The van der Waals surface area contributed by atoms with Crippen LogP contribution in [-0.4, -0.2) is 23.0 Å². The zero-order valence-electron chi connectivity index (χ0n) is 9.82. The molecule has 0 aromatic carbocycles. The molecule has 0 aliphatic heterocycles. The maximum absolute atomic E-state index is 11.0. The van der Waals surface area contributed by atoms with Gasteiger partial charge in [0.1, 0.15) is 11.5 Å². The summed E-state index contributed by atoms with van der Waals surface area (Å²) in [4.78, 5) is 18.6. The summed E-state index contributed by atoms with van der Waals surface area (Å²) in [5.41, 5.74) is 1.72. The van der Waals surface area contributed by atoms with Crippen LogP contribution in [0.1, 0.15) is 17.9 Å². The first-order valence-electron chi connectivity index (χ1n) is 5.37. The molecule has 0 atom stereocenters. The van der Waals surface area contributed by atoms with Crippen LogP contribution in [0.4, 0.5) is 0 Å². The number of methoxy groups -OCH3 is 1. The summed E-state index contributed by atoms with van der Waals surface area (Å²) in [6, 6.07) is 3.67.